The highest BCUT2D eigenvalue weighted by Crippen LogP contribution is 2.23. The van der Waals surface area contributed by atoms with Crippen molar-refractivity contribution in [2.45, 2.75) is 4.90 Å². The van der Waals surface area contributed by atoms with E-state index in [-0.39, 0.29) is 17.4 Å². The number of benzene rings is 3. The van der Waals surface area contributed by atoms with Gasteiger partial charge in [0.2, 0.25) is 0 Å². The van der Waals surface area contributed by atoms with Gasteiger partial charge >= 0.3 is 0 Å². The van der Waals surface area contributed by atoms with Crippen LogP contribution in [0.4, 0.5) is 15.8 Å². The van der Waals surface area contributed by atoms with E-state index in [2.05, 4.69) is 10.6 Å². The highest BCUT2D eigenvalue weighted by molar-refractivity contribution is 8.00. The minimum absolute atomic E-state index is 0.0420. The van der Waals surface area contributed by atoms with Gasteiger partial charge in [-0.1, -0.05) is 24.3 Å². The lowest BCUT2D eigenvalue weighted by atomic mass is 10.1. The molecule has 0 aliphatic rings. The lowest BCUT2D eigenvalue weighted by Crippen LogP contribution is -2.18. The standard InChI is InChI=1S/C21H17FN2OS2/c22-16-11-9-15(10-12-16)20(25)14-27-19-8-4-7-18(13-19)24-21(26)23-17-5-2-1-3-6-17/h1-13H,14H2,(H2,23,24,26). The van der Waals surface area contributed by atoms with Crippen LogP contribution >= 0.6 is 24.0 Å². The van der Waals surface area contributed by atoms with Gasteiger partial charge in [0.15, 0.2) is 10.9 Å². The Morgan fingerprint density at radius 1 is 0.889 bits per heavy atom. The molecule has 0 atom stereocenters. The quantitative estimate of drug-likeness (QED) is 0.322. The Bertz CT molecular complexity index is 930. The molecule has 0 amide bonds. The normalized spacial score (nSPS) is 10.3. The molecule has 136 valence electrons. The zero-order valence-electron chi connectivity index (χ0n) is 14.3. The third kappa shape index (κ3) is 5.91. The Morgan fingerprint density at radius 2 is 1.56 bits per heavy atom. The molecular weight excluding hydrogens is 379 g/mol. The molecule has 0 saturated heterocycles. The van der Waals surface area contributed by atoms with E-state index in [1.807, 2.05) is 54.6 Å². The van der Waals surface area contributed by atoms with Crippen molar-refractivity contribution >= 4 is 46.3 Å². The fourth-order valence-electron chi connectivity index (χ4n) is 2.35. The van der Waals surface area contributed by atoms with Crippen LogP contribution in [0.2, 0.25) is 0 Å². The predicted octanol–water partition coefficient (Wildman–Crippen LogP) is 5.61. The average Bonchev–Trinajstić information content (AvgIpc) is 2.67. The highest BCUT2D eigenvalue weighted by atomic mass is 32.2. The summed E-state index contributed by atoms with van der Waals surface area (Å²) in [5.41, 5.74) is 2.25. The fourth-order valence-corrected chi connectivity index (χ4v) is 3.43. The van der Waals surface area contributed by atoms with Gasteiger partial charge in [-0.2, -0.15) is 0 Å². The molecule has 0 fully saturated rings. The molecule has 0 aromatic heterocycles. The summed E-state index contributed by atoms with van der Waals surface area (Å²) in [6, 6.07) is 22.9. The summed E-state index contributed by atoms with van der Waals surface area (Å²) in [6.45, 7) is 0. The average molecular weight is 397 g/mol. The van der Waals surface area contributed by atoms with E-state index >= 15 is 0 Å². The maximum absolute atomic E-state index is 12.9. The number of anilines is 2. The minimum Gasteiger partial charge on any atom is -0.332 e. The van der Waals surface area contributed by atoms with Gasteiger partial charge in [0, 0.05) is 21.8 Å². The Morgan fingerprint density at radius 3 is 2.30 bits per heavy atom. The highest BCUT2D eigenvalue weighted by Gasteiger charge is 2.07. The molecule has 0 saturated carbocycles. The molecule has 0 heterocycles. The van der Waals surface area contributed by atoms with Crippen molar-refractivity contribution in [2.24, 2.45) is 0 Å². The van der Waals surface area contributed by atoms with E-state index in [0.29, 0.717) is 10.7 Å². The van der Waals surface area contributed by atoms with E-state index in [0.717, 1.165) is 16.3 Å². The zero-order chi connectivity index (χ0) is 19.1. The van der Waals surface area contributed by atoms with Crippen LogP contribution in [-0.4, -0.2) is 16.6 Å². The Labute approximate surface area is 167 Å². The second-order valence-corrected chi connectivity index (χ2v) is 7.15. The van der Waals surface area contributed by atoms with Gasteiger partial charge in [0.05, 0.1) is 5.75 Å². The first-order valence-electron chi connectivity index (χ1n) is 8.25. The lowest BCUT2D eigenvalue weighted by molar-refractivity contribution is 0.102. The number of thiocarbonyl (C=S) groups is 1. The van der Waals surface area contributed by atoms with Crippen LogP contribution in [0.1, 0.15) is 10.4 Å². The maximum atomic E-state index is 12.9. The summed E-state index contributed by atoms with van der Waals surface area (Å²) in [5, 5.41) is 6.74. The first-order chi connectivity index (χ1) is 13.1. The Kier molecular flexibility index (Phi) is 6.57. The van der Waals surface area contributed by atoms with E-state index in [9.17, 15) is 9.18 Å². The van der Waals surface area contributed by atoms with Crippen LogP contribution in [0.25, 0.3) is 0 Å². The van der Waals surface area contributed by atoms with E-state index in [1.165, 1.54) is 36.0 Å². The Hall–Kier alpha value is -2.70. The number of Topliss-reactive ketones (excluding diaryl/α,β-unsaturated/α-hetero) is 1. The summed E-state index contributed by atoms with van der Waals surface area (Å²) in [6.07, 6.45) is 0. The van der Waals surface area contributed by atoms with Gasteiger partial charge in [-0.05, 0) is 66.8 Å². The monoisotopic (exact) mass is 396 g/mol. The molecule has 6 heteroatoms. The number of nitrogens with one attached hydrogen (secondary N) is 2. The van der Waals surface area contributed by atoms with Crippen LogP contribution in [-0.2, 0) is 0 Å². The molecule has 0 aliphatic carbocycles. The van der Waals surface area contributed by atoms with E-state index < -0.39 is 0 Å². The minimum atomic E-state index is -0.349. The van der Waals surface area contributed by atoms with Crippen molar-refractivity contribution in [1.29, 1.82) is 0 Å². The largest absolute Gasteiger partial charge is 0.332 e. The summed E-state index contributed by atoms with van der Waals surface area (Å²) < 4.78 is 12.9. The molecule has 3 aromatic rings. The molecule has 0 radical (unpaired) electrons. The second kappa shape index (κ2) is 9.30. The third-order valence-electron chi connectivity index (χ3n) is 3.66. The van der Waals surface area contributed by atoms with E-state index in [1.54, 1.807) is 0 Å². The van der Waals surface area contributed by atoms with Crippen molar-refractivity contribution in [3.05, 3.63) is 90.2 Å². The van der Waals surface area contributed by atoms with Gasteiger partial charge in [-0.25, -0.2) is 4.39 Å². The van der Waals surface area contributed by atoms with Crippen LogP contribution in [0.3, 0.4) is 0 Å². The smallest absolute Gasteiger partial charge is 0.175 e. The molecule has 27 heavy (non-hydrogen) atoms. The molecule has 3 aromatic carbocycles. The van der Waals surface area contributed by atoms with Crippen LogP contribution in [0, 0.1) is 5.82 Å². The first kappa shape index (κ1) is 19.1. The van der Waals surface area contributed by atoms with Gasteiger partial charge in [0.1, 0.15) is 5.82 Å². The number of carbonyl (C=O) groups excluding carboxylic acids is 1. The number of rotatable bonds is 6. The molecule has 3 nitrogen and oxygen atoms in total. The number of ketones is 1. The fraction of sp³-hybridized carbons (Fsp3) is 0.0476. The first-order valence-corrected chi connectivity index (χ1v) is 9.64. The molecule has 0 aliphatic heterocycles. The summed E-state index contributed by atoms with van der Waals surface area (Å²) in [5.74, 6) is -0.111. The van der Waals surface area contributed by atoms with Crippen molar-refractivity contribution in [2.75, 3.05) is 16.4 Å². The van der Waals surface area contributed by atoms with E-state index in [4.69, 9.17) is 12.2 Å². The van der Waals surface area contributed by atoms with Crippen molar-refractivity contribution in [1.82, 2.24) is 0 Å². The third-order valence-corrected chi connectivity index (χ3v) is 4.86. The van der Waals surface area contributed by atoms with Crippen LogP contribution in [0.15, 0.2) is 83.8 Å². The maximum Gasteiger partial charge on any atom is 0.175 e. The zero-order valence-corrected chi connectivity index (χ0v) is 15.9. The number of thioether (sulfide) groups is 1. The second-order valence-electron chi connectivity index (χ2n) is 5.69. The number of carbonyl (C=O) groups is 1. The summed E-state index contributed by atoms with van der Waals surface area (Å²) in [7, 11) is 0. The number of para-hydroxylation sites is 1. The van der Waals surface area contributed by atoms with Crippen molar-refractivity contribution in [3.63, 3.8) is 0 Å². The van der Waals surface area contributed by atoms with Gasteiger partial charge < -0.3 is 10.6 Å². The molecule has 0 unspecified atom stereocenters. The topological polar surface area (TPSA) is 41.1 Å². The SMILES string of the molecule is O=C(CSc1cccc(NC(=S)Nc2ccccc2)c1)c1ccc(F)cc1. The predicted molar refractivity (Wildman–Crippen MR) is 114 cm³/mol. The molecule has 2 N–H and O–H groups in total. The molecular formula is C21H17FN2OS2. The molecule has 3 rings (SSSR count). The summed E-state index contributed by atoms with van der Waals surface area (Å²) >= 11 is 6.75. The number of hydrogen-bond donors (Lipinski definition) is 2. The van der Waals surface area contributed by atoms with Crippen LogP contribution < -0.4 is 10.6 Å². The number of hydrogen-bond acceptors (Lipinski definition) is 3. The lowest BCUT2D eigenvalue weighted by Gasteiger charge is -2.11. The van der Waals surface area contributed by atoms with Gasteiger partial charge in [-0.15, -0.1) is 11.8 Å². The van der Waals surface area contributed by atoms with Gasteiger partial charge in [0.25, 0.3) is 0 Å². The number of halogens is 1. The van der Waals surface area contributed by atoms with Gasteiger partial charge in [-0.3, -0.25) is 4.79 Å². The summed E-state index contributed by atoms with van der Waals surface area (Å²) in [4.78, 5) is 13.1. The Balaban J connectivity index is 1.56. The molecule has 0 spiro atoms. The van der Waals surface area contributed by atoms with Crippen molar-refractivity contribution in [3.8, 4) is 0 Å². The molecule has 0 bridgehead atoms. The van der Waals surface area contributed by atoms with Crippen molar-refractivity contribution < 1.29 is 9.18 Å². The van der Waals surface area contributed by atoms with Crippen LogP contribution in [0.5, 0.6) is 0 Å².